The average Bonchev–Trinajstić information content (AvgIpc) is 3.31. The lowest BCUT2D eigenvalue weighted by Crippen LogP contribution is -2.25. The number of aryl methyl sites for hydroxylation is 2. The van der Waals surface area contributed by atoms with E-state index < -0.39 is 20.0 Å². The highest BCUT2D eigenvalue weighted by atomic mass is 32.2. The number of sulfonamides is 1. The van der Waals surface area contributed by atoms with Crippen molar-refractivity contribution in [1.29, 1.82) is 0 Å². The Labute approximate surface area is 198 Å². The third-order valence-electron chi connectivity index (χ3n) is 5.20. The molecule has 0 aliphatic rings. The zero-order chi connectivity index (χ0) is 24.5. The summed E-state index contributed by atoms with van der Waals surface area (Å²) in [4.78, 5) is 0.163. The molecule has 174 valence electrons. The van der Waals surface area contributed by atoms with E-state index in [1.54, 1.807) is 48.5 Å². The Bertz CT molecular complexity index is 1560. The molecular formula is C24H22N4O4S2. The maximum atomic E-state index is 13.4. The summed E-state index contributed by atoms with van der Waals surface area (Å²) in [5.74, 6) is 0. The van der Waals surface area contributed by atoms with E-state index in [2.05, 4.69) is 16.9 Å². The third kappa shape index (κ3) is 4.25. The third-order valence-corrected chi connectivity index (χ3v) is 8.47. The van der Waals surface area contributed by atoms with Gasteiger partial charge in [0.1, 0.15) is 5.69 Å². The molecule has 3 aromatic carbocycles. The lowest BCUT2D eigenvalue weighted by molar-refractivity contribution is 0.577. The van der Waals surface area contributed by atoms with E-state index in [9.17, 15) is 16.8 Å². The van der Waals surface area contributed by atoms with Crippen LogP contribution in [0.1, 0.15) is 11.1 Å². The van der Waals surface area contributed by atoms with Crippen molar-refractivity contribution in [3.63, 3.8) is 0 Å². The Morgan fingerprint density at radius 1 is 0.824 bits per heavy atom. The Kier molecular flexibility index (Phi) is 6.11. The number of aromatic nitrogens is 3. The number of hydrogen-bond acceptors (Lipinski definition) is 6. The molecular weight excluding hydrogens is 472 g/mol. The van der Waals surface area contributed by atoms with E-state index in [0.29, 0.717) is 5.56 Å². The minimum atomic E-state index is -3.98. The first-order valence-corrected chi connectivity index (χ1v) is 13.1. The number of hydrogen-bond donors (Lipinski definition) is 0. The van der Waals surface area contributed by atoms with Crippen LogP contribution in [0.4, 0.5) is 5.69 Å². The molecule has 1 heterocycles. The zero-order valence-corrected chi connectivity index (χ0v) is 20.2. The molecule has 10 heteroatoms. The molecule has 0 amide bonds. The topological polar surface area (TPSA) is 102 Å². The number of anilines is 1. The molecule has 0 N–H and O–H groups in total. The smallest absolute Gasteiger partial charge is 0.242 e. The second-order valence-electron chi connectivity index (χ2n) is 7.61. The molecule has 0 spiro atoms. The van der Waals surface area contributed by atoms with Crippen LogP contribution >= 0.6 is 0 Å². The Morgan fingerprint density at radius 3 is 1.97 bits per heavy atom. The van der Waals surface area contributed by atoms with Gasteiger partial charge in [0.2, 0.25) is 0 Å². The average molecular weight is 495 g/mol. The molecule has 8 nitrogen and oxygen atoms in total. The highest BCUT2D eigenvalue weighted by Gasteiger charge is 2.26. The van der Waals surface area contributed by atoms with Crippen molar-refractivity contribution in [3.05, 3.63) is 103 Å². The van der Waals surface area contributed by atoms with Gasteiger partial charge in [-0.3, -0.25) is 0 Å². The molecule has 0 saturated heterocycles. The molecule has 0 aliphatic heterocycles. The number of para-hydroxylation sites is 1. The predicted molar refractivity (Wildman–Crippen MR) is 130 cm³/mol. The molecule has 0 bridgehead atoms. The van der Waals surface area contributed by atoms with Crippen LogP contribution in [0, 0.1) is 13.8 Å². The fourth-order valence-corrected chi connectivity index (χ4v) is 5.73. The standard InChI is InChI=1S/C24H22N4O4S2/c1-4-27(33(29,30)20-13-9-18(2)10-14-20)24-8-6-5-7-22(24)23-17-28(26-25-23)34(31,32)21-15-11-19(3)12-16-21/h4-17H,1H2,2-3H3. The normalized spacial score (nSPS) is 11.8. The van der Waals surface area contributed by atoms with Crippen LogP contribution in [0.3, 0.4) is 0 Å². The van der Waals surface area contributed by atoms with Gasteiger partial charge in [0.05, 0.1) is 21.7 Å². The van der Waals surface area contributed by atoms with Crippen molar-refractivity contribution in [2.45, 2.75) is 23.6 Å². The van der Waals surface area contributed by atoms with Crippen molar-refractivity contribution in [2.75, 3.05) is 4.31 Å². The molecule has 34 heavy (non-hydrogen) atoms. The number of rotatable bonds is 7. The first-order chi connectivity index (χ1) is 16.1. The van der Waals surface area contributed by atoms with Gasteiger partial charge >= 0.3 is 0 Å². The van der Waals surface area contributed by atoms with Gasteiger partial charge < -0.3 is 0 Å². The second kappa shape index (κ2) is 8.88. The zero-order valence-electron chi connectivity index (χ0n) is 18.5. The first kappa shape index (κ1) is 23.4. The maximum Gasteiger partial charge on any atom is 0.284 e. The quantitative estimate of drug-likeness (QED) is 0.383. The second-order valence-corrected chi connectivity index (χ2v) is 11.2. The Balaban J connectivity index is 1.78. The van der Waals surface area contributed by atoms with E-state index in [1.807, 2.05) is 13.8 Å². The summed E-state index contributed by atoms with van der Waals surface area (Å²) < 4.78 is 54.5. The van der Waals surface area contributed by atoms with Crippen LogP contribution in [0.2, 0.25) is 0 Å². The van der Waals surface area contributed by atoms with Crippen LogP contribution in [0.15, 0.2) is 102 Å². The van der Waals surface area contributed by atoms with Crippen LogP contribution < -0.4 is 4.31 Å². The molecule has 0 atom stereocenters. The Morgan fingerprint density at radius 2 is 1.38 bits per heavy atom. The van der Waals surface area contributed by atoms with E-state index in [4.69, 9.17) is 0 Å². The van der Waals surface area contributed by atoms with E-state index in [0.717, 1.165) is 19.5 Å². The molecule has 0 radical (unpaired) electrons. The van der Waals surface area contributed by atoms with Crippen molar-refractivity contribution >= 4 is 25.7 Å². The monoisotopic (exact) mass is 494 g/mol. The molecule has 4 aromatic rings. The summed E-state index contributed by atoms with van der Waals surface area (Å²) >= 11 is 0. The van der Waals surface area contributed by atoms with Crippen molar-refractivity contribution in [2.24, 2.45) is 0 Å². The first-order valence-electron chi connectivity index (χ1n) is 10.2. The summed E-state index contributed by atoms with van der Waals surface area (Å²) in [6.45, 7) is 7.41. The van der Waals surface area contributed by atoms with Gasteiger partial charge in [-0.2, -0.15) is 8.42 Å². The summed E-state index contributed by atoms with van der Waals surface area (Å²) in [6.07, 6.45) is 2.45. The highest BCUT2D eigenvalue weighted by Crippen LogP contribution is 2.33. The van der Waals surface area contributed by atoms with E-state index in [1.165, 1.54) is 36.7 Å². The molecule has 0 saturated carbocycles. The van der Waals surface area contributed by atoms with Crippen LogP contribution in [-0.4, -0.2) is 31.2 Å². The van der Waals surface area contributed by atoms with Gasteiger partial charge in [0.25, 0.3) is 20.0 Å². The summed E-state index contributed by atoms with van der Waals surface area (Å²) in [6, 6.07) is 19.4. The Hall–Kier alpha value is -3.76. The fourth-order valence-electron chi connectivity index (χ4n) is 3.34. The predicted octanol–water partition coefficient (Wildman–Crippen LogP) is 4.14. The van der Waals surface area contributed by atoms with Crippen molar-refractivity contribution in [1.82, 2.24) is 14.4 Å². The fraction of sp³-hybridized carbons (Fsp3) is 0.0833. The van der Waals surface area contributed by atoms with E-state index in [-0.39, 0.29) is 21.2 Å². The number of nitrogens with zero attached hydrogens (tertiary/aromatic N) is 4. The van der Waals surface area contributed by atoms with E-state index >= 15 is 0 Å². The van der Waals surface area contributed by atoms with Crippen LogP contribution in [0.5, 0.6) is 0 Å². The van der Waals surface area contributed by atoms with Crippen LogP contribution in [-0.2, 0) is 20.0 Å². The highest BCUT2D eigenvalue weighted by molar-refractivity contribution is 7.93. The van der Waals surface area contributed by atoms with Gasteiger partial charge in [0.15, 0.2) is 0 Å². The van der Waals surface area contributed by atoms with Crippen molar-refractivity contribution in [3.8, 4) is 11.3 Å². The van der Waals surface area contributed by atoms with Gasteiger partial charge in [-0.05, 0) is 44.2 Å². The van der Waals surface area contributed by atoms with Crippen LogP contribution in [0.25, 0.3) is 11.3 Å². The SMILES string of the molecule is C=CN(c1ccccc1-c1cn(S(=O)(=O)c2ccc(C)cc2)nn1)S(=O)(=O)c1ccc(C)cc1. The largest absolute Gasteiger partial charge is 0.284 e. The minimum absolute atomic E-state index is 0.0671. The minimum Gasteiger partial charge on any atom is -0.242 e. The molecule has 0 aliphatic carbocycles. The van der Waals surface area contributed by atoms with Gasteiger partial charge in [-0.1, -0.05) is 65.4 Å². The lowest BCUT2D eigenvalue weighted by atomic mass is 10.1. The van der Waals surface area contributed by atoms with Crippen molar-refractivity contribution < 1.29 is 16.8 Å². The number of benzene rings is 3. The summed E-state index contributed by atoms with van der Waals surface area (Å²) in [5.41, 5.74) is 2.68. The lowest BCUT2D eigenvalue weighted by Gasteiger charge is -2.22. The molecule has 0 fully saturated rings. The van der Waals surface area contributed by atoms with Gasteiger partial charge in [-0.15, -0.1) is 9.19 Å². The maximum absolute atomic E-state index is 13.4. The summed E-state index contributed by atoms with van der Waals surface area (Å²) in [7, 11) is -7.94. The molecule has 1 aromatic heterocycles. The molecule has 4 rings (SSSR count). The summed E-state index contributed by atoms with van der Waals surface area (Å²) in [5, 5.41) is 7.82. The molecule has 0 unspecified atom stereocenters. The van der Waals surface area contributed by atoms with Gasteiger partial charge in [0, 0.05) is 11.8 Å². The van der Waals surface area contributed by atoms with Gasteiger partial charge in [-0.25, -0.2) is 12.7 Å².